The number of carbonyl (C=O) groups excluding carboxylic acids is 2. The van der Waals surface area contributed by atoms with Crippen molar-refractivity contribution in [2.45, 2.75) is 51.0 Å². The second-order valence-corrected chi connectivity index (χ2v) is 11.7. The molecule has 2 aromatic heterocycles. The van der Waals surface area contributed by atoms with Crippen molar-refractivity contribution >= 4 is 17.7 Å². The first-order valence-electron chi connectivity index (χ1n) is 13.5. The maximum absolute atomic E-state index is 12.5. The van der Waals surface area contributed by atoms with E-state index in [0.29, 0.717) is 13.1 Å². The number of anilines is 1. The van der Waals surface area contributed by atoms with E-state index >= 15 is 0 Å². The third-order valence-corrected chi connectivity index (χ3v) is 8.02. The number of H-pyrrole nitrogens is 1. The molecule has 8 nitrogen and oxygen atoms in total. The van der Waals surface area contributed by atoms with E-state index in [1.807, 2.05) is 39.1 Å². The van der Waals surface area contributed by atoms with Gasteiger partial charge in [0, 0.05) is 72.5 Å². The van der Waals surface area contributed by atoms with Gasteiger partial charge >= 0.3 is 6.09 Å². The summed E-state index contributed by atoms with van der Waals surface area (Å²) in [5.41, 5.74) is 6.50. The molecular formula is C30H35N5O3. The molecule has 1 spiro atoms. The van der Waals surface area contributed by atoms with Crippen molar-refractivity contribution in [3.63, 3.8) is 0 Å². The molecular weight excluding hydrogens is 478 g/mol. The third kappa shape index (κ3) is 4.52. The molecule has 38 heavy (non-hydrogen) atoms. The Kier molecular flexibility index (Phi) is 5.93. The number of hydrogen-bond donors (Lipinski definition) is 2. The molecule has 198 valence electrons. The van der Waals surface area contributed by atoms with Crippen molar-refractivity contribution in [2.24, 2.45) is 0 Å². The molecule has 8 heteroatoms. The Morgan fingerprint density at radius 3 is 2.39 bits per heavy atom. The second kappa shape index (κ2) is 9.19. The fraction of sp³-hybridized carbons (Fsp3) is 0.433. The fourth-order valence-corrected chi connectivity index (χ4v) is 5.74. The van der Waals surface area contributed by atoms with Crippen molar-refractivity contribution in [3.8, 4) is 22.5 Å². The van der Waals surface area contributed by atoms with E-state index in [0.717, 1.165) is 71.9 Å². The van der Waals surface area contributed by atoms with Crippen molar-refractivity contribution in [3.05, 3.63) is 59.9 Å². The Morgan fingerprint density at radius 2 is 1.74 bits per heavy atom. The minimum atomic E-state index is -0.483. The lowest BCUT2D eigenvalue weighted by molar-refractivity contribution is 0.0240. The van der Waals surface area contributed by atoms with Gasteiger partial charge < -0.3 is 24.8 Å². The Hall–Kier alpha value is -3.81. The average molecular weight is 514 g/mol. The van der Waals surface area contributed by atoms with Crippen molar-refractivity contribution in [1.82, 2.24) is 20.2 Å². The smallest absolute Gasteiger partial charge is 0.410 e. The number of fused-ring (bicyclic) bond motifs is 2. The van der Waals surface area contributed by atoms with E-state index in [9.17, 15) is 9.59 Å². The minimum Gasteiger partial charge on any atom is -0.444 e. The molecule has 6 rings (SSSR count). The van der Waals surface area contributed by atoms with Gasteiger partial charge in [-0.1, -0.05) is 18.6 Å². The van der Waals surface area contributed by atoms with Crippen LogP contribution in [0.5, 0.6) is 0 Å². The van der Waals surface area contributed by atoms with Crippen LogP contribution in [0.1, 0.15) is 56.1 Å². The highest BCUT2D eigenvalue weighted by atomic mass is 16.6. The van der Waals surface area contributed by atoms with Gasteiger partial charge in [-0.05, 0) is 63.9 Å². The van der Waals surface area contributed by atoms with E-state index in [1.54, 1.807) is 4.90 Å². The number of nitrogens with zero attached hydrogens (tertiary/aromatic N) is 3. The summed E-state index contributed by atoms with van der Waals surface area (Å²) in [6.07, 6.45) is 5.02. The molecule has 0 unspecified atom stereocenters. The Balaban J connectivity index is 1.16. The van der Waals surface area contributed by atoms with E-state index in [-0.39, 0.29) is 17.4 Å². The first-order valence-corrected chi connectivity index (χ1v) is 13.5. The molecule has 1 saturated heterocycles. The van der Waals surface area contributed by atoms with Crippen LogP contribution in [0.3, 0.4) is 0 Å². The van der Waals surface area contributed by atoms with Crippen LogP contribution in [0.2, 0.25) is 0 Å². The first-order chi connectivity index (χ1) is 18.2. The maximum Gasteiger partial charge on any atom is 0.410 e. The van der Waals surface area contributed by atoms with Crippen LogP contribution in [-0.2, 0) is 10.2 Å². The predicted molar refractivity (Wildman–Crippen MR) is 147 cm³/mol. The molecule has 2 N–H and O–H groups in total. The molecule has 0 radical (unpaired) electrons. The lowest BCUT2D eigenvalue weighted by atomic mass is 9.64. The molecule has 2 fully saturated rings. The summed E-state index contributed by atoms with van der Waals surface area (Å²) < 4.78 is 5.51. The van der Waals surface area contributed by atoms with E-state index in [4.69, 9.17) is 4.74 Å². The molecule has 3 aromatic rings. The summed E-state index contributed by atoms with van der Waals surface area (Å²) in [5.74, 6) is 0.0109. The highest BCUT2D eigenvalue weighted by Gasteiger charge is 2.45. The van der Waals surface area contributed by atoms with Crippen LogP contribution in [0.15, 0.2) is 48.7 Å². The number of aromatic amines is 1. The zero-order valence-electron chi connectivity index (χ0n) is 22.3. The number of benzene rings is 1. The number of rotatable bonds is 3. The van der Waals surface area contributed by atoms with Gasteiger partial charge in [-0.25, -0.2) is 4.79 Å². The molecule has 2 aliphatic heterocycles. The van der Waals surface area contributed by atoms with Gasteiger partial charge in [-0.2, -0.15) is 0 Å². The number of nitrogens with one attached hydrogen (secondary N) is 2. The van der Waals surface area contributed by atoms with Crippen LogP contribution in [0, 0.1) is 0 Å². The molecule has 1 aromatic carbocycles. The number of hydrogen-bond acceptors (Lipinski definition) is 5. The van der Waals surface area contributed by atoms with E-state index in [2.05, 4.69) is 50.5 Å². The van der Waals surface area contributed by atoms with Gasteiger partial charge in [0.05, 0.1) is 11.3 Å². The zero-order valence-corrected chi connectivity index (χ0v) is 22.3. The van der Waals surface area contributed by atoms with Crippen LogP contribution in [0.25, 0.3) is 22.5 Å². The minimum absolute atomic E-state index is 0.0109. The van der Waals surface area contributed by atoms with Gasteiger partial charge in [-0.3, -0.25) is 9.78 Å². The standard InChI is InChI=1S/C30H35N5O3/c1-29(2,3)38-28(37)35-15-13-34(14-16-35)22-7-5-20(6-8-22)24-17-21(9-12-31-24)25-18-23-26(33-25)30(10-4-11-30)19-32-27(23)36/h5-9,12,17-18,33H,4,10-11,13-16,19H2,1-3H3,(H,32,36). The van der Waals surface area contributed by atoms with Crippen LogP contribution in [0.4, 0.5) is 10.5 Å². The molecule has 1 aliphatic carbocycles. The summed E-state index contributed by atoms with van der Waals surface area (Å²) >= 11 is 0. The van der Waals surface area contributed by atoms with Crippen molar-refractivity contribution in [1.29, 1.82) is 0 Å². The Morgan fingerprint density at radius 1 is 1.00 bits per heavy atom. The zero-order chi connectivity index (χ0) is 26.5. The first kappa shape index (κ1) is 24.5. The van der Waals surface area contributed by atoms with Gasteiger partial charge in [-0.15, -0.1) is 0 Å². The van der Waals surface area contributed by atoms with E-state index in [1.165, 1.54) is 6.42 Å². The second-order valence-electron chi connectivity index (χ2n) is 11.7. The summed E-state index contributed by atoms with van der Waals surface area (Å²) in [6, 6.07) is 14.5. The molecule has 0 bridgehead atoms. The Labute approximate surface area is 223 Å². The Bertz CT molecular complexity index is 1360. The molecule has 3 aliphatic rings. The molecule has 4 heterocycles. The molecule has 2 amide bonds. The lowest BCUT2D eigenvalue weighted by Gasteiger charge is -2.44. The number of pyridine rings is 1. The normalized spacial score (nSPS) is 18.6. The highest BCUT2D eigenvalue weighted by Crippen LogP contribution is 2.46. The topological polar surface area (TPSA) is 90.6 Å². The number of carbonyl (C=O) groups is 2. The lowest BCUT2D eigenvalue weighted by Crippen LogP contribution is -2.50. The van der Waals surface area contributed by atoms with Crippen LogP contribution < -0.4 is 10.2 Å². The maximum atomic E-state index is 12.5. The van der Waals surface area contributed by atoms with Crippen molar-refractivity contribution < 1.29 is 14.3 Å². The van der Waals surface area contributed by atoms with Crippen LogP contribution in [-0.4, -0.2) is 65.2 Å². The van der Waals surface area contributed by atoms with Gasteiger partial charge in [0.2, 0.25) is 0 Å². The van der Waals surface area contributed by atoms with Crippen LogP contribution >= 0.6 is 0 Å². The third-order valence-electron chi connectivity index (χ3n) is 8.02. The summed E-state index contributed by atoms with van der Waals surface area (Å²) in [7, 11) is 0. The quantitative estimate of drug-likeness (QED) is 0.516. The van der Waals surface area contributed by atoms with E-state index < -0.39 is 5.60 Å². The average Bonchev–Trinajstić information content (AvgIpc) is 3.34. The van der Waals surface area contributed by atoms with Gasteiger partial charge in [0.25, 0.3) is 5.91 Å². The molecule has 0 atom stereocenters. The largest absolute Gasteiger partial charge is 0.444 e. The number of amides is 2. The van der Waals surface area contributed by atoms with Crippen molar-refractivity contribution in [2.75, 3.05) is 37.6 Å². The number of aromatic nitrogens is 2. The monoisotopic (exact) mass is 513 g/mol. The molecule has 1 saturated carbocycles. The number of ether oxygens (including phenoxy) is 1. The van der Waals surface area contributed by atoms with Gasteiger partial charge in [0.1, 0.15) is 5.60 Å². The summed E-state index contributed by atoms with van der Waals surface area (Å²) in [6.45, 7) is 9.20. The van der Waals surface area contributed by atoms with Gasteiger partial charge in [0.15, 0.2) is 0 Å². The predicted octanol–water partition coefficient (Wildman–Crippen LogP) is 4.97. The SMILES string of the molecule is CC(C)(C)OC(=O)N1CCN(c2ccc(-c3cc(-c4cc5c([nH]4)C4(CCC4)CNC5=O)ccn3)cc2)CC1. The summed E-state index contributed by atoms with van der Waals surface area (Å²) in [5, 5.41) is 3.08. The summed E-state index contributed by atoms with van der Waals surface area (Å²) in [4.78, 5) is 37.2. The highest BCUT2D eigenvalue weighted by molar-refractivity contribution is 5.98. The number of piperazine rings is 1. The fourth-order valence-electron chi connectivity index (χ4n) is 5.74.